The molecule has 17 heavy (non-hydrogen) atoms. The summed E-state index contributed by atoms with van der Waals surface area (Å²) in [4.78, 5) is 15.8. The smallest absolute Gasteiger partial charge is 0.307 e. The Morgan fingerprint density at radius 2 is 2.06 bits per heavy atom. The zero-order valence-corrected chi connectivity index (χ0v) is 11.5. The maximum absolute atomic E-state index is 11.1. The average molecular weight is 242 g/mol. The molecule has 0 saturated carbocycles. The summed E-state index contributed by atoms with van der Waals surface area (Å²) >= 11 is 0. The van der Waals surface area contributed by atoms with E-state index in [1.807, 2.05) is 13.8 Å². The fraction of sp³-hybridized carbons (Fsp3) is 0.923. The Bertz CT molecular complexity index is 258. The molecule has 0 aliphatic carbocycles. The standard InChI is InChI=1S/C13H26N2O2/c1-5-12-9-14(4)7-6-8-15(12)11(3)10(2)13(16)17/h10-12H,5-9H2,1-4H3,(H,16,17). The van der Waals surface area contributed by atoms with Crippen LogP contribution >= 0.6 is 0 Å². The third kappa shape index (κ3) is 3.68. The summed E-state index contributed by atoms with van der Waals surface area (Å²) in [6.45, 7) is 9.23. The Balaban J connectivity index is 2.74. The first-order chi connectivity index (χ1) is 7.97. The van der Waals surface area contributed by atoms with Crippen LogP contribution in [0, 0.1) is 5.92 Å². The maximum atomic E-state index is 11.1. The van der Waals surface area contributed by atoms with Gasteiger partial charge in [0.05, 0.1) is 5.92 Å². The number of nitrogens with zero attached hydrogens (tertiary/aromatic N) is 2. The lowest BCUT2D eigenvalue weighted by atomic mass is 9.99. The summed E-state index contributed by atoms with van der Waals surface area (Å²) in [6.07, 6.45) is 2.21. The summed E-state index contributed by atoms with van der Waals surface area (Å²) in [5, 5.41) is 9.13. The Morgan fingerprint density at radius 3 is 2.59 bits per heavy atom. The first kappa shape index (κ1) is 14.5. The minimum absolute atomic E-state index is 0.115. The number of aliphatic carboxylic acids is 1. The fourth-order valence-electron chi connectivity index (χ4n) is 2.66. The van der Waals surface area contributed by atoms with E-state index in [2.05, 4.69) is 23.8 Å². The van der Waals surface area contributed by atoms with E-state index < -0.39 is 5.97 Å². The van der Waals surface area contributed by atoms with Crippen LogP contribution in [0.25, 0.3) is 0 Å². The molecule has 1 N–H and O–H groups in total. The lowest BCUT2D eigenvalue weighted by Crippen LogP contribution is -2.48. The van der Waals surface area contributed by atoms with E-state index in [1.165, 1.54) is 0 Å². The van der Waals surface area contributed by atoms with Crippen LogP contribution < -0.4 is 0 Å². The highest BCUT2D eigenvalue weighted by atomic mass is 16.4. The van der Waals surface area contributed by atoms with E-state index in [4.69, 9.17) is 5.11 Å². The molecule has 0 aromatic carbocycles. The van der Waals surface area contributed by atoms with Crippen molar-refractivity contribution in [3.8, 4) is 0 Å². The number of carboxylic acid groups (broad SMARTS) is 1. The molecule has 0 spiro atoms. The molecule has 1 saturated heterocycles. The minimum Gasteiger partial charge on any atom is -0.481 e. The van der Waals surface area contributed by atoms with Crippen molar-refractivity contribution in [2.24, 2.45) is 5.92 Å². The summed E-state index contributed by atoms with van der Waals surface area (Å²) in [6, 6.07) is 0.600. The van der Waals surface area contributed by atoms with Crippen molar-refractivity contribution >= 4 is 5.97 Å². The Morgan fingerprint density at radius 1 is 1.41 bits per heavy atom. The van der Waals surface area contributed by atoms with E-state index in [9.17, 15) is 4.79 Å². The molecule has 1 aliphatic heterocycles. The average Bonchev–Trinajstić information content (AvgIpc) is 2.48. The number of hydrogen-bond donors (Lipinski definition) is 1. The molecule has 0 bridgehead atoms. The van der Waals surface area contributed by atoms with Crippen molar-refractivity contribution in [1.29, 1.82) is 0 Å². The Hall–Kier alpha value is -0.610. The highest BCUT2D eigenvalue weighted by molar-refractivity contribution is 5.70. The molecule has 0 radical (unpaired) electrons. The van der Waals surface area contributed by atoms with Gasteiger partial charge in [0, 0.05) is 25.2 Å². The van der Waals surface area contributed by atoms with Gasteiger partial charge in [-0.05, 0) is 33.4 Å². The van der Waals surface area contributed by atoms with Crippen LogP contribution in [0.2, 0.25) is 0 Å². The summed E-state index contributed by atoms with van der Waals surface area (Å²) in [7, 11) is 2.15. The van der Waals surface area contributed by atoms with Crippen LogP contribution in [0.1, 0.15) is 33.6 Å². The van der Waals surface area contributed by atoms with Gasteiger partial charge in [-0.3, -0.25) is 9.69 Å². The second-order valence-corrected chi connectivity index (χ2v) is 5.28. The van der Waals surface area contributed by atoms with E-state index in [-0.39, 0.29) is 12.0 Å². The summed E-state index contributed by atoms with van der Waals surface area (Å²) < 4.78 is 0. The molecule has 3 unspecified atom stereocenters. The van der Waals surface area contributed by atoms with E-state index in [0.29, 0.717) is 6.04 Å². The van der Waals surface area contributed by atoms with Gasteiger partial charge < -0.3 is 10.0 Å². The molecule has 4 nitrogen and oxygen atoms in total. The van der Waals surface area contributed by atoms with Gasteiger partial charge in [0.15, 0.2) is 0 Å². The number of hydrogen-bond acceptors (Lipinski definition) is 3. The number of carboxylic acids is 1. The molecule has 1 aliphatic rings. The van der Waals surface area contributed by atoms with Crippen molar-refractivity contribution in [3.63, 3.8) is 0 Å². The van der Waals surface area contributed by atoms with Gasteiger partial charge in [0.1, 0.15) is 0 Å². The first-order valence-corrected chi connectivity index (χ1v) is 6.64. The molecular formula is C13H26N2O2. The summed E-state index contributed by atoms with van der Waals surface area (Å²) in [5.74, 6) is -0.989. The molecule has 1 heterocycles. The van der Waals surface area contributed by atoms with Crippen molar-refractivity contribution in [2.45, 2.75) is 45.7 Å². The molecule has 100 valence electrons. The van der Waals surface area contributed by atoms with Gasteiger partial charge in [0.25, 0.3) is 0 Å². The maximum Gasteiger partial charge on any atom is 0.307 e. The topological polar surface area (TPSA) is 43.8 Å². The fourth-order valence-corrected chi connectivity index (χ4v) is 2.66. The third-order valence-electron chi connectivity index (χ3n) is 4.06. The third-order valence-corrected chi connectivity index (χ3v) is 4.06. The zero-order valence-electron chi connectivity index (χ0n) is 11.5. The van der Waals surface area contributed by atoms with E-state index >= 15 is 0 Å². The van der Waals surface area contributed by atoms with Gasteiger partial charge in [-0.1, -0.05) is 13.8 Å². The monoisotopic (exact) mass is 242 g/mol. The Labute approximate surface area is 105 Å². The van der Waals surface area contributed by atoms with Crippen LogP contribution in [0.5, 0.6) is 0 Å². The normalized spacial score (nSPS) is 27.4. The Kier molecular flexibility index (Phi) is 5.40. The molecule has 1 fully saturated rings. The van der Waals surface area contributed by atoms with Crippen LogP contribution in [0.4, 0.5) is 0 Å². The lowest BCUT2D eigenvalue weighted by molar-refractivity contribution is -0.143. The van der Waals surface area contributed by atoms with Crippen LogP contribution in [-0.2, 0) is 4.79 Å². The lowest BCUT2D eigenvalue weighted by Gasteiger charge is -2.37. The summed E-state index contributed by atoms with van der Waals surface area (Å²) in [5.41, 5.74) is 0. The van der Waals surface area contributed by atoms with Gasteiger partial charge in [-0.25, -0.2) is 0 Å². The molecule has 3 atom stereocenters. The first-order valence-electron chi connectivity index (χ1n) is 6.64. The quantitative estimate of drug-likeness (QED) is 0.811. The van der Waals surface area contributed by atoms with Crippen molar-refractivity contribution in [2.75, 3.05) is 26.7 Å². The van der Waals surface area contributed by atoms with Crippen LogP contribution in [0.3, 0.4) is 0 Å². The SMILES string of the molecule is CCC1CN(C)CCCN1C(C)C(C)C(=O)O. The number of carbonyl (C=O) groups is 1. The van der Waals surface area contributed by atoms with E-state index in [0.717, 1.165) is 32.5 Å². The van der Waals surface area contributed by atoms with E-state index in [1.54, 1.807) is 0 Å². The predicted octanol–water partition coefficient (Wildman–Crippen LogP) is 1.51. The van der Waals surface area contributed by atoms with Crippen molar-refractivity contribution in [1.82, 2.24) is 9.80 Å². The van der Waals surface area contributed by atoms with Crippen molar-refractivity contribution < 1.29 is 9.90 Å². The van der Waals surface area contributed by atoms with Crippen molar-refractivity contribution in [3.05, 3.63) is 0 Å². The number of likely N-dealkylation sites (N-methyl/N-ethyl adjacent to an activating group) is 1. The largest absolute Gasteiger partial charge is 0.481 e. The molecular weight excluding hydrogens is 216 g/mol. The molecule has 4 heteroatoms. The molecule has 0 aromatic heterocycles. The van der Waals surface area contributed by atoms with Gasteiger partial charge in [-0.2, -0.15) is 0 Å². The minimum atomic E-state index is -0.690. The number of rotatable bonds is 4. The molecule has 0 amide bonds. The van der Waals surface area contributed by atoms with Gasteiger partial charge >= 0.3 is 5.97 Å². The second-order valence-electron chi connectivity index (χ2n) is 5.28. The predicted molar refractivity (Wildman–Crippen MR) is 69.2 cm³/mol. The zero-order chi connectivity index (χ0) is 13.0. The van der Waals surface area contributed by atoms with Gasteiger partial charge in [0.2, 0.25) is 0 Å². The second kappa shape index (κ2) is 6.36. The van der Waals surface area contributed by atoms with Crippen LogP contribution in [-0.4, -0.2) is 59.6 Å². The highest BCUT2D eigenvalue weighted by Crippen LogP contribution is 2.20. The van der Waals surface area contributed by atoms with Crippen LogP contribution in [0.15, 0.2) is 0 Å². The molecule has 0 aromatic rings. The molecule has 1 rings (SSSR count). The van der Waals surface area contributed by atoms with Gasteiger partial charge in [-0.15, -0.1) is 0 Å². The highest BCUT2D eigenvalue weighted by Gasteiger charge is 2.31.